The van der Waals surface area contributed by atoms with E-state index in [1.54, 1.807) is 6.92 Å². The van der Waals surface area contributed by atoms with Crippen LogP contribution >= 0.6 is 0 Å². The number of terminal acetylenes is 1. The summed E-state index contributed by atoms with van der Waals surface area (Å²) in [5, 5.41) is 12.3. The largest absolute Gasteiger partial charge is 0.391 e. The molecule has 0 saturated heterocycles. The Hall–Kier alpha value is -1.01. The average molecular weight is 225 g/mol. The highest BCUT2D eigenvalue weighted by Crippen LogP contribution is 2.06. The van der Waals surface area contributed by atoms with Gasteiger partial charge in [0.1, 0.15) is 0 Å². The van der Waals surface area contributed by atoms with Crippen LogP contribution < -0.4 is 5.32 Å². The quantitative estimate of drug-likeness (QED) is 0.646. The van der Waals surface area contributed by atoms with Gasteiger partial charge in [0.05, 0.1) is 6.10 Å². The average Bonchev–Trinajstić information content (AvgIpc) is 2.23. The van der Waals surface area contributed by atoms with Crippen LogP contribution in [-0.2, 0) is 4.79 Å². The monoisotopic (exact) mass is 225 g/mol. The second kappa shape index (κ2) is 8.18. The SMILES string of the molecule is C#CC[C@H](C)C(=O)NC[C@@H](O)CCC(C)C. The van der Waals surface area contributed by atoms with Crippen LogP contribution in [0.3, 0.4) is 0 Å². The lowest BCUT2D eigenvalue weighted by molar-refractivity contribution is -0.124. The first-order valence-electron chi connectivity index (χ1n) is 5.86. The molecule has 0 spiro atoms. The molecule has 0 aliphatic carbocycles. The number of hydrogen-bond donors (Lipinski definition) is 2. The Balaban J connectivity index is 3.71. The first-order chi connectivity index (χ1) is 7.47. The van der Waals surface area contributed by atoms with Gasteiger partial charge in [-0.25, -0.2) is 0 Å². The van der Waals surface area contributed by atoms with Crippen molar-refractivity contribution in [3.05, 3.63) is 0 Å². The maximum absolute atomic E-state index is 11.5. The topological polar surface area (TPSA) is 49.3 Å². The van der Waals surface area contributed by atoms with Gasteiger partial charge in [-0.05, 0) is 18.8 Å². The molecule has 0 aromatic rings. The molecule has 0 unspecified atom stereocenters. The van der Waals surface area contributed by atoms with E-state index in [1.807, 2.05) is 0 Å². The van der Waals surface area contributed by atoms with E-state index in [0.29, 0.717) is 18.9 Å². The van der Waals surface area contributed by atoms with Gasteiger partial charge in [-0.3, -0.25) is 4.79 Å². The van der Waals surface area contributed by atoms with Crippen LogP contribution in [0.2, 0.25) is 0 Å². The minimum atomic E-state index is -0.454. The van der Waals surface area contributed by atoms with Crippen LogP contribution in [0.5, 0.6) is 0 Å². The molecule has 0 bridgehead atoms. The number of nitrogens with one attached hydrogen (secondary N) is 1. The molecule has 0 saturated carbocycles. The Labute approximate surface area is 98.6 Å². The molecule has 0 rings (SSSR count). The van der Waals surface area contributed by atoms with Gasteiger partial charge in [-0.15, -0.1) is 12.3 Å². The summed E-state index contributed by atoms with van der Waals surface area (Å²) in [5.41, 5.74) is 0. The zero-order chi connectivity index (χ0) is 12.6. The molecule has 0 aliphatic heterocycles. The minimum Gasteiger partial charge on any atom is -0.391 e. The van der Waals surface area contributed by atoms with Crippen LogP contribution in [0.25, 0.3) is 0 Å². The van der Waals surface area contributed by atoms with E-state index < -0.39 is 6.10 Å². The second-order valence-electron chi connectivity index (χ2n) is 4.68. The predicted molar refractivity (Wildman–Crippen MR) is 65.7 cm³/mol. The summed E-state index contributed by atoms with van der Waals surface area (Å²) in [5.74, 6) is 2.77. The summed E-state index contributed by atoms with van der Waals surface area (Å²) in [6.07, 6.45) is 6.80. The first-order valence-corrected chi connectivity index (χ1v) is 5.86. The summed E-state index contributed by atoms with van der Waals surface area (Å²) < 4.78 is 0. The molecule has 1 amide bonds. The first kappa shape index (κ1) is 15.0. The molecular formula is C13H23NO2. The van der Waals surface area contributed by atoms with Crippen molar-refractivity contribution in [3.8, 4) is 12.3 Å². The normalized spacial score (nSPS) is 14.2. The number of hydrogen-bond acceptors (Lipinski definition) is 2. The number of rotatable bonds is 7. The molecule has 0 radical (unpaired) electrons. The van der Waals surface area contributed by atoms with E-state index in [9.17, 15) is 9.90 Å². The van der Waals surface area contributed by atoms with Gasteiger partial charge in [0.2, 0.25) is 5.91 Å². The van der Waals surface area contributed by atoms with Crippen molar-refractivity contribution >= 4 is 5.91 Å². The van der Waals surface area contributed by atoms with Crippen molar-refractivity contribution in [1.29, 1.82) is 0 Å². The maximum Gasteiger partial charge on any atom is 0.223 e. The molecule has 3 nitrogen and oxygen atoms in total. The number of aliphatic hydroxyl groups excluding tert-OH is 1. The lowest BCUT2D eigenvalue weighted by Gasteiger charge is -2.14. The van der Waals surface area contributed by atoms with E-state index in [4.69, 9.17) is 6.42 Å². The highest BCUT2D eigenvalue weighted by Gasteiger charge is 2.13. The van der Waals surface area contributed by atoms with Crippen molar-refractivity contribution in [2.45, 2.75) is 46.1 Å². The molecular weight excluding hydrogens is 202 g/mol. The van der Waals surface area contributed by atoms with E-state index in [1.165, 1.54) is 0 Å². The zero-order valence-corrected chi connectivity index (χ0v) is 10.5. The Bertz CT molecular complexity index is 243. The third-order valence-corrected chi connectivity index (χ3v) is 2.46. The van der Waals surface area contributed by atoms with E-state index in [-0.39, 0.29) is 11.8 Å². The smallest absolute Gasteiger partial charge is 0.223 e. The van der Waals surface area contributed by atoms with Gasteiger partial charge >= 0.3 is 0 Å². The molecule has 0 heterocycles. The summed E-state index contributed by atoms with van der Waals surface area (Å²) in [4.78, 5) is 11.5. The lowest BCUT2D eigenvalue weighted by atomic mass is 10.0. The molecule has 0 fully saturated rings. The van der Waals surface area contributed by atoms with Gasteiger partial charge in [0, 0.05) is 18.9 Å². The van der Waals surface area contributed by atoms with Gasteiger partial charge in [-0.1, -0.05) is 20.8 Å². The van der Waals surface area contributed by atoms with Crippen LogP contribution in [-0.4, -0.2) is 23.7 Å². The number of carbonyl (C=O) groups excluding carboxylic acids is 1. The highest BCUT2D eigenvalue weighted by molar-refractivity contribution is 5.78. The van der Waals surface area contributed by atoms with Crippen LogP contribution in [0.4, 0.5) is 0 Å². The molecule has 92 valence electrons. The standard InChI is InChI=1S/C13H23NO2/c1-5-6-11(4)13(16)14-9-12(15)8-7-10(2)3/h1,10-12,15H,6-9H2,2-4H3,(H,14,16)/t11-,12-/m0/s1. The van der Waals surface area contributed by atoms with Crippen molar-refractivity contribution in [1.82, 2.24) is 5.32 Å². The summed E-state index contributed by atoms with van der Waals surface area (Å²) in [7, 11) is 0. The molecule has 3 heteroatoms. The van der Waals surface area contributed by atoms with Crippen molar-refractivity contribution in [2.75, 3.05) is 6.54 Å². The molecule has 0 aromatic carbocycles. The molecule has 0 aromatic heterocycles. The molecule has 2 N–H and O–H groups in total. The lowest BCUT2D eigenvalue weighted by Crippen LogP contribution is -2.35. The van der Waals surface area contributed by atoms with Crippen LogP contribution in [0.1, 0.15) is 40.0 Å². The molecule has 0 aliphatic rings. The number of amides is 1. The Kier molecular flexibility index (Phi) is 7.66. The second-order valence-corrected chi connectivity index (χ2v) is 4.68. The fourth-order valence-corrected chi connectivity index (χ4v) is 1.29. The Morgan fingerprint density at radius 2 is 2.00 bits per heavy atom. The van der Waals surface area contributed by atoms with Gasteiger partial charge in [-0.2, -0.15) is 0 Å². The zero-order valence-electron chi connectivity index (χ0n) is 10.5. The third-order valence-electron chi connectivity index (χ3n) is 2.46. The van der Waals surface area contributed by atoms with Gasteiger partial charge in [0.15, 0.2) is 0 Å². The fraction of sp³-hybridized carbons (Fsp3) is 0.769. The van der Waals surface area contributed by atoms with Crippen LogP contribution in [0.15, 0.2) is 0 Å². The van der Waals surface area contributed by atoms with E-state index in [0.717, 1.165) is 12.8 Å². The number of aliphatic hydroxyl groups is 1. The summed E-state index contributed by atoms with van der Waals surface area (Å²) >= 11 is 0. The number of carbonyl (C=O) groups is 1. The van der Waals surface area contributed by atoms with Gasteiger partial charge in [0.25, 0.3) is 0 Å². The third kappa shape index (κ3) is 7.30. The van der Waals surface area contributed by atoms with Crippen LogP contribution in [0, 0.1) is 24.2 Å². The van der Waals surface area contributed by atoms with E-state index >= 15 is 0 Å². The Morgan fingerprint density at radius 3 is 2.50 bits per heavy atom. The predicted octanol–water partition coefficient (Wildman–Crippen LogP) is 1.56. The fourth-order valence-electron chi connectivity index (χ4n) is 1.29. The highest BCUT2D eigenvalue weighted by atomic mass is 16.3. The minimum absolute atomic E-state index is 0.0819. The van der Waals surface area contributed by atoms with Crippen molar-refractivity contribution < 1.29 is 9.90 Å². The van der Waals surface area contributed by atoms with Crippen molar-refractivity contribution in [2.24, 2.45) is 11.8 Å². The van der Waals surface area contributed by atoms with E-state index in [2.05, 4.69) is 25.1 Å². The van der Waals surface area contributed by atoms with Gasteiger partial charge < -0.3 is 10.4 Å². The maximum atomic E-state index is 11.5. The molecule has 2 atom stereocenters. The molecule has 16 heavy (non-hydrogen) atoms. The van der Waals surface area contributed by atoms with Crippen molar-refractivity contribution in [3.63, 3.8) is 0 Å². The summed E-state index contributed by atoms with van der Waals surface area (Å²) in [6, 6.07) is 0. The Morgan fingerprint density at radius 1 is 1.38 bits per heavy atom. The summed E-state index contributed by atoms with van der Waals surface area (Å²) in [6.45, 7) is 6.33.